The number of aliphatic hydroxyl groups is 1. The van der Waals surface area contributed by atoms with Gasteiger partial charge < -0.3 is 10.0 Å². The van der Waals surface area contributed by atoms with Gasteiger partial charge >= 0.3 is 0 Å². The van der Waals surface area contributed by atoms with Gasteiger partial charge in [0, 0.05) is 6.54 Å². The van der Waals surface area contributed by atoms with Crippen LogP contribution in [0.15, 0.2) is 23.1 Å². The number of benzene rings is 1. The number of aliphatic hydroxyl groups excluding tert-OH is 1. The molecule has 118 valence electrons. The predicted octanol–water partition coefficient (Wildman–Crippen LogP) is 1.08. The van der Waals surface area contributed by atoms with Crippen molar-refractivity contribution in [1.82, 2.24) is 9.62 Å². The molecule has 1 aliphatic rings. The molecule has 1 fully saturated rings. The smallest absolute Gasteiger partial charge is 0.243 e. The van der Waals surface area contributed by atoms with E-state index in [1.807, 2.05) is 0 Å². The van der Waals surface area contributed by atoms with Crippen LogP contribution in [0.3, 0.4) is 0 Å². The zero-order chi connectivity index (χ0) is 15.3. The molecular formula is C14H21FN2O3S. The Morgan fingerprint density at radius 1 is 1.29 bits per heavy atom. The molecule has 0 amide bonds. The van der Waals surface area contributed by atoms with Gasteiger partial charge in [-0.1, -0.05) is 6.07 Å². The standard InChI is InChI=1S/C14H21FN2O3S/c15-13-5-4-12(11-18)10-14(13)21(19,20)16-6-3-9-17-7-1-2-8-17/h4-5,10,16,18H,1-3,6-9,11H2. The fraction of sp³-hybridized carbons (Fsp3) is 0.571. The summed E-state index contributed by atoms with van der Waals surface area (Å²) in [6.45, 7) is 2.95. The zero-order valence-corrected chi connectivity index (χ0v) is 12.7. The predicted molar refractivity (Wildman–Crippen MR) is 77.8 cm³/mol. The van der Waals surface area contributed by atoms with Crippen LogP contribution in [0.1, 0.15) is 24.8 Å². The van der Waals surface area contributed by atoms with Crippen LogP contribution >= 0.6 is 0 Å². The maximum absolute atomic E-state index is 13.6. The number of rotatable bonds is 7. The maximum Gasteiger partial charge on any atom is 0.243 e. The van der Waals surface area contributed by atoms with E-state index in [4.69, 9.17) is 5.11 Å². The third-order valence-electron chi connectivity index (χ3n) is 3.61. The quantitative estimate of drug-likeness (QED) is 0.739. The van der Waals surface area contributed by atoms with E-state index in [-0.39, 0.29) is 13.2 Å². The minimum atomic E-state index is -3.87. The molecule has 0 atom stereocenters. The summed E-state index contributed by atoms with van der Waals surface area (Å²) >= 11 is 0. The van der Waals surface area contributed by atoms with E-state index in [1.165, 1.54) is 18.9 Å². The average molecular weight is 316 g/mol. The monoisotopic (exact) mass is 316 g/mol. The molecule has 1 aliphatic heterocycles. The first kappa shape index (κ1) is 16.4. The van der Waals surface area contributed by atoms with Gasteiger partial charge in [-0.05, 0) is 56.6 Å². The SMILES string of the molecule is O=S(=O)(NCCCN1CCCC1)c1cc(CO)ccc1F. The Bertz CT molecular complexity index is 572. The van der Waals surface area contributed by atoms with Crippen LogP contribution in [0.25, 0.3) is 0 Å². The molecule has 0 aromatic heterocycles. The number of nitrogens with zero attached hydrogens (tertiary/aromatic N) is 1. The van der Waals surface area contributed by atoms with Crippen molar-refractivity contribution >= 4 is 10.0 Å². The van der Waals surface area contributed by atoms with Crippen molar-refractivity contribution in [3.8, 4) is 0 Å². The summed E-state index contributed by atoms with van der Waals surface area (Å²) in [5, 5.41) is 9.01. The van der Waals surface area contributed by atoms with Gasteiger partial charge in [0.05, 0.1) is 6.61 Å². The van der Waals surface area contributed by atoms with Crippen molar-refractivity contribution in [2.45, 2.75) is 30.8 Å². The average Bonchev–Trinajstić information content (AvgIpc) is 2.97. The van der Waals surface area contributed by atoms with Crippen LogP contribution in [0.5, 0.6) is 0 Å². The maximum atomic E-state index is 13.6. The molecule has 0 bridgehead atoms. The van der Waals surface area contributed by atoms with Crippen LogP contribution in [0.2, 0.25) is 0 Å². The Balaban J connectivity index is 1.91. The van der Waals surface area contributed by atoms with E-state index in [2.05, 4.69) is 9.62 Å². The molecule has 1 heterocycles. The van der Waals surface area contributed by atoms with Crippen molar-refractivity contribution in [2.75, 3.05) is 26.2 Å². The van der Waals surface area contributed by atoms with Crippen molar-refractivity contribution in [2.24, 2.45) is 0 Å². The second kappa shape index (κ2) is 7.31. The van der Waals surface area contributed by atoms with Crippen LogP contribution in [-0.4, -0.2) is 44.6 Å². The molecule has 2 rings (SSSR count). The van der Waals surface area contributed by atoms with E-state index in [1.54, 1.807) is 0 Å². The molecule has 0 aliphatic carbocycles. The second-order valence-corrected chi connectivity index (χ2v) is 6.96. The topological polar surface area (TPSA) is 69.6 Å². The highest BCUT2D eigenvalue weighted by molar-refractivity contribution is 7.89. The number of likely N-dealkylation sites (tertiary alicyclic amines) is 1. The molecule has 2 N–H and O–H groups in total. The Morgan fingerprint density at radius 2 is 2.00 bits per heavy atom. The molecule has 0 spiro atoms. The molecular weight excluding hydrogens is 295 g/mol. The van der Waals surface area contributed by atoms with Crippen LogP contribution < -0.4 is 4.72 Å². The highest BCUT2D eigenvalue weighted by Gasteiger charge is 2.19. The van der Waals surface area contributed by atoms with E-state index >= 15 is 0 Å². The fourth-order valence-electron chi connectivity index (χ4n) is 2.45. The first-order valence-corrected chi connectivity index (χ1v) is 8.62. The molecule has 1 aromatic carbocycles. The summed E-state index contributed by atoms with van der Waals surface area (Å²) < 4.78 is 40.2. The molecule has 7 heteroatoms. The minimum Gasteiger partial charge on any atom is -0.392 e. The fourth-order valence-corrected chi connectivity index (χ4v) is 3.65. The first-order chi connectivity index (χ1) is 10.0. The summed E-state index contributed by atoms with van der Waals surface area (Å²) in [6.07, 6.45) is 3.09. The largest absolute Gasteiger partial charge is 0.392 e. The van der Waals surface area contributed by atoms with Crippen LogP contribution in [0, 0.1) is 5.82 Å². The molecule has 0 saturated carbocycles. The van der Waals surface area contributed by atoms with Crippen molar-refractivity contribution < 1.29 is 17.9 Å². The number of nitrogens with one attached hydrogen (secondary N) is 1. The lowest BCUT2D eigenvalue weighted by Crippen LogP contribution is -2.29. The van der Waals surface area contributed by atoms with Crippen molar-refractivity contribution in [3.63, 3.8) is 0 Å². The Labute approximate surface area is 124 Å². The summed E-state index contributed by atoms with van der Waals surface area (Å²) in [6, 6.07) is 3.59. The van der Waals surface area contributed by atoms with Gasteiger partial charge in [-0.15, -0.1) is 0 Å². The van der Waals surface area contributed by atoms with Gasteiger partial charge in [-0.25, -0.2) is 17.5 Å². The van der Waals surface area contributed by atoms with E-state index in [0.717, 1.165) is 31.8 Å². The summed E-state index contributed by atoms with van der Waals surface area (Å²) in [4.78, 5) is 1.89. The van der Waals surface area contributed by atoms with Gasteiger partial charge in [0.25, 0.3) is 0 Å². The molecule has 0 unspecified atom stereocenters. The zero-order valence-electron chi connectivity index (χ0n) is 11.9. The summed E-state index contributed by atoms with van der Waals surface area (Å²) in [5.74, 6) is -0.806. The third-order valence-corrected chi connectivity index (χ3v) is 5.09. The molecule has 1 saturated heterocycles. The molecule has 0 radical (unpaired) electrons. The van der Waals surface area contributed by atoms with Gasteiger partial charge in [0.15, 0.2) is 0 Å². The number of halogens is 1. The third kappa shape index (κ3) is 4.47. The molecule has 1 aromatic rings. The van der Waals surface area contributed by atoms with Crippen LogP contribution in [0.4, 0.5) is 4.39 Å². The molecule has 21 heavy (non-hydrogen) atoms. The minimum absolute atomic E-state index is 0.279. The van der Waals surface area contributed by atoms with E-state index < -0.39 is 20.7 Å². The number of hydrogen-bond donors (Lipinski definition) is 2. The Hall–Kier alpha value is -1.02. The van der Waals surface area contributed by atoms with E-state index in [9.17, 15) is 12.8 Å². The summed E-state index contributed by atoms with van der Waals surface area (Å²) in [7, 11) is -3.87. The summed E-state index contributed by atoms with van der Waals surface area (Å²) in [5.41, 5.74) is 0.369. The van der Waals surface area contributed by atoms with E-state index in [0.29, 0.717) is 12.0 Å². The van der Waals surface area contributed by atoms with Gasteiger partial charge in [-0.3, -0.25) is 0 Å². The Morgan fingerprint density at radius 3 is 2.67 bits per heavy atom. The highest BCUT2D eigenvalue weighted by atomic mass is 32.2. The van der Waals surface area contributed by atoms with Gasteiger partial charge in [0.1, 0.15) is 10.7 Å². The first-order valence-electron chi connectivity index (χ1n) is 7.14. The number of sulfonamides is 1. The van der Waals surface area contributed by atoms with Gasteiger partial charge in [0.2, 0.25) is 10.0 Å². The molecule has 5 nitrogen and oxygen atoms in total. The highest BCUT2D eigenvalue weighted by Crippen LogP contribution is 2.16. The van der Waals surface area contributed by atoms with Crippen LogP contribution in [-0.2, 0) is 16.6 Å². The normalized spacial score (nSPS) is 16.5. The lowest BCUT2D eigenvalue weighted by molar-refractivity contribution is 0.281. The lowest BCUT2D eigenvalue weighted by atomic mass is 10.2. The second-order valence-electron chi connectivity index (χ2n) is 5.22. The van der Waals surface area contributed by atoms with Gasteiger partial charge in [-0.2, -0.15) is 0 Å². The number of hydrogen-bond acceptors (Lipinski definition) is 4. The van der Waals surface area contributed by atoms with Crippen molar-refractivity contribution in [1.29, 1.82) is 0 Å². The Kier molecular flexibility index (Phi) is 5.69. The lowest BCUT2D eigenvalue weighted by Gasteiger charge is -2.14. The van der Waals surface area contributed by atoms with Crippen molar-refractivity contribution in [3.05, 3.63) is 29.6 Å².